The zero-order valence-corrected chi connectivity index (χ0v) is 13.1. The Labute approximate surface area is 126 Å². The number of ether oxygens (including phenoxy) is 1. The number of benzene rings is 1. The number of nitriles is 1. The van der Waals surface area contributed by atoms with Crippen LogP contribution in [0.4, 0.5) is 0 Å². The van der Waals surface area contributed by atoms with Crippen molar-refractivity contribution < 1.29 is 9.53 Å². The molecule has 2 rings (SSSR count). The van der Waals surface area contributed by atoms with Crippen LogP contribution in [0.2, 0.25) is 0 Å². The summed E-state index contributed by atoms with van der Waals surface area (Å²) in [5, 5.41) is 11.8. The zero-order valence-electron chi connectivity index (χ0n) is 13.1. The Morgan fingerprint density at radius 3 is 2.76 bits per heavy atom. The van der Waals surface area contributed by atoms with Gasteiger partial charge in [0.05, 0.1) is 18.1 Å². The molecule has 1 saturated carbocycles. The van der Waals surface area contributed by atoms with Gasteiger partial charge in [0.15, 0.2) is 0 Å². The van der Waals surface area contributed by atoms with E-state index in [1.807, 2.05) is 12.1 Å². The third-order valence-electron chi connectivity index (χ3n) is 5.06. The summed E-state index contributed by atoms with van der Waals surface area (Å²) in [6, 6.07) is 9.41. The molecule has 1 aromatic carbocycles. The summed E-state index contributed by atoms with van der Waals surface area (Å²) in [6.45, 7) is 6.29. The van der Waals surface area contributed by atoms with Gasteiger partial charge in [-0.05, 0) is 31.0 Å². The summed E-state index contributed by atoms with van der Waals surface area (Å²) in [6.07, 6.45) is 1.12. The van der Waals surface area contributed by atoms with Crippen molar-refractivity contribution in [2.45, 2.75) is 45.3 Å². The molecule has 0 heterocycles. The van der Waals surface area contributed by atoms with E-state index < -0.39 is 0 Å². The van der Waals surface area contributed by atoms with E-state index in [1.165, 1.54) is 0 Å². The second-order valence-electron chi connectivity index (χ2n) is 6.42. The van der Waals surface area contributed by atoms with Crippen LogP contribution in [0, 0.1) is 16.7 Å². The second kappa shape index (κ2) is 5.50. The topological polar surface area (TPSA) is 62.1 Å². The lowest BCUT2D eigenvalue weighted by molar-refractivity contribution is -0.177. The number of nitrogens with one attached hydrogen (secondary N) is 1. The molecule has 1 aliphatic carbocycles. The molecule has 21 heavy (non-hydrogen) atoms. The summed E-state index contributed by atoms with van der Waals surface area (Å²) in [5.74, 6) is -0.0917. The first-order chi connectivity index (χ1) is 9.84. The molecule has 0 saturated heterocycles. The molecule has 112 valence electrons. The number of carbonyl (C=O) groups is 1. The Kier molecular flexibility index (Phi) is 4.06. The van der Waals surface area contributed by atoms with Gasteiger partial charge in [0, 0.05) is 24.1 Å². The first kappa shape index (κ1) is 15.5. The fourth-order valence-corrected chi connectivity index (χ4v) is 2.88. The largest absolute Gasteiger partial charge is 0.378 e. The van der Waals surface area contributed by atoms with Crippen molar-refractivity contribution in [2.75, 3.05) is 7.11 Å². The average Bonchev–Trinajstić information content (AvgIpc) is 2.47. The van der Waals surface area contributed by atoms with Gasteiger partial charge < -0.3 is 10.1 Å². The molecule has 1 amide bonds. The fourth-order valence-electron chi connectivity index (χ4n) is 2.88. The molecule has 0 radical (unpaired) electrons. The lowest BCUT2D eigenvalue weighted by Gasteiger charge is -2.59. The molecule has 2 atom stereocenters. The Bertz CT molecular complexity index is 589. The Morgan fingerprint density at radius 2 is 2.19 bits per heavy atom. The van der Waals surface area contributed by atoms with Gasteiger partial charge in [-0.15, -0.1) is 0 Å². The van der Waals surface area contributed by atoms with Crippen LogP contribution in [-0.4, -0.2) is 24.7 Å². The van der Waals surface area contributed by atoms with Crippen LogP contribution < -0.4 is 5.32 Å². The van der Waals surface area contributed by atoms with Gasteiger partial charge >= 0.3 is 0 Å². The quantitative estimate of drug-likeness (QED) is 0.925. The van der Waals surface area contributed by atoms with E-state index in [0.29, 0.717) is 12.0 Å². The van der Waals surface area contributed by atoms with Crippen molar-refractivity contribution in [3.05, 3.63) is 35.4 Å². The number of hydrogen-bond donors (Lipinski definition) is 1. The van der Waals surface area contributed by atoms with Gasteiger partial charge in [0.2, 0.25) is 0 Å². The van der Waals surface area contributed by atoms with Crippen molar-refractivity contribution >= 4 is 5.91 Å². The third-order valence-corrected chi connectivity index (χ3v) is 5.06. The van der Waals surface area contributed by atoms with E-state index in [2.05, 4.69) is 32.2 Å². The highest BCUT2D eigenvalue weighted by Gasteiger charge is 2.58. The zero-order chi connectivity index (χ0) is 15.7. The summed E-state index contributed by atoms with van der Waals surface area (Å²) in [5.41, 5.74) is 1.15. The number of nitrogens with zero attached hydrogens (tertiary/aromatic N) is 1. The van der Waals surface area contributed by atoms with Crippen LogP contribution in [0.1, 0.15) is 43.1 Å². The van der Waals surface area contributed by atoms with Crippen LogP contribution in [-0.2, 0) is 11.2 Å². The molecule has 1 fully saturated rings. The summed E-state index contributed by atoms with van der Waals surface area (Å²) in [4.78, 5) is 12.4. The second-order valence-corrected chi connectivity index (χ2v) is 6.42. The maximum Gasteiger partial charge on any atom is 0.251 e. The van der Waals surface area contributed by atoms with Gasteiger partial charge in [-0.2, -0.15) is 5.26 Å². The maximum atomic E-state index is 12.4. The monoisotopic (exact) mass is 286 g/mol. The smallest absolute Gasteiger partial charge is 0.251 e. The summed E-state index contributed by atoms with van der Waals surface area (Å²) >= 11 is 0. The van der Waals surface area contributed by atoms with E-state index in [9.17, 15) is 4.79 Å². The Hall–Kier alpha value is -1.86. The number of hydrogen-bond acceptors (Lipinski definition) is 3. The SMILES string of the molecule is CO[C@]1(C)C[C@@H](NC(=O)c2cccc(CC#N)c2)C1(C)C. The van der Waals surface area contributed by atoms with Crippen LogP contribution in [0.3, 0.4) is 0 Å². The average molecular weight is 286 g/mol. The fraction of sp³-hybridized carbons (Fsp3) is 0.529. The van der Waals surface area contributed by atoms with Crippen molar-refractivity contribution in [2.24, 2.45) is 5.41 Å². The van der Waals surface area contributed by atoms with Crippen LogP contribution in [0.15, 0.2) is 24.3 Å². The van der Waals surface area contributed by atoms with Gasteiger partial charge in [-0.3, -0.25) is 4.79 Å². The van der Waals surface area contributed by atoms with E-state index in [1.54, 1.807) is 19.2 Å². The lowest BCUT2D eigenvalue weighted by atomic mass is 9.56. The number of methoxy groups -OCH3 is 1. The normalized spacial score (nSPS) is 26.5. The van der Waals surface area contributed by atoms with Gasteiger partial charge in [-0.1, -0.05) is 26.0 Å². The molecule has 0 aromatic heterocycles. The molecule has 4 heteroatoms. The molecule has 0 aliphatic heterocycles. The van der Waals surface area contributed by atoms with Crippen LogP contribution in [0.5, 0.6) is 0 Å². The molecule has 4 nitrogen and oxygen atoms in total. The molecular weight excluding hydrogens is 264 g/mol. The highest BCUT2D eigenvalue weighted by Crippen LogP contribution is 2.51. The summed E-state index contributed by atoms with van der Waals surface area (Å²) < 4.78 is 5.57. The van der Waals surface area contributed by atoms with E-state index in [4.69, 9.17) is 10.00 Å². The van der Waals surface area contributed by atoms with Crippen molar-refractivity contribution in [1.82, 2.24) is 5.32 Å². The number of carbonyl (C=O) groups excluding carboxylic acids is 1. The Balaban J connectivity index is 2.07. The lowest BCUT2D eigenvalue weighted by Crippen LogP contribution is -2.68. The van der Waals surface area contributed by atoms with Gasteiger partial charge in [0.25, 0.3) is 5.91 Å². The predicted octanol–water partition coefficient (Wildman–Crippen LogP) is 2.69. The number of amides is 1. The number of rotatable bonds is 4. The first-order valence-electron chi connectivity index (χ1n) is 7.16. The predicted molar refractivity (Wildman–Crippen MR) is 80.8 cm³/mol. The van der Waals surface area contributed by atoms with Gasteiger partial charge in [0.1, 0.15) is 0 Å². The van der Waals surface area contributed by atoms with Gasteiger partial charge in [-0.25, -0.2) is 0 Å². The molecule has 0 bridgehead atoms. The molecule has 1 aliphatic rings. The van der Waals surface area contributed by atoms with Crippen LogP contribution in [0.25, 0.3) is 0 Å². The van der Waals surface area contributed by atoms with Crippen LogP contribution >= 0.6 is 0 Å². The van der Waals surface area contributed by atoms with E-state index >= 15 is 0 Å². The Morgan fingerprint density at radius 1 is 1.48 bits per heavy atom. The first-order valence-corrected chi connectivity index (χ1v) is 7.16. The van der Waals surface area contributed by atoms with E-state index in [0.717, 1.165) is 12.0 Å². The highest BCUT2D eigenvalue weighted by atomic mass is 16.5. The maximum absolute atomic E-state index is 12.4. The van der Waals surface area contributed by atoms with E-state index in [-0.39, 0.29) is 23.0 Å². The van der Waals surface area contributed by atoms with Crippen molar-refractivity contribution in [3.63, 3.8) is 0 Å². The molecule has 1 aromatic rings. The molecular formula is C17H22N2O2. The standard InChI is InChI=1S/C17H22N2O2/c1-16(2)14(11-17(16,3)21-4)19-15(20)13-7-5-6-12(10-13)8-9-18/h5-7,10,14H,8,11H2,1-4H3,(H,19,20)/t14-,17-/m1/s1. The minimum absolute atomic E-state index is 0.0917. The molecule has 0 unspecified atom stereocenters. The van der Waals surface area contributed by atoms with Crippen molar-refractivity contribution in [3.8, 4) is 6.07 Å². The minimum Gasteiger partial charge on any atom is -0.378 e. The third kappa shape index (κ3) is 2.66. The van der Waals surface area contributed by atoms with Crippen molar-refractivity contribution in [1.29, 1.82) is 5.26 Å². The minimum atomic E-state index is -0.201. The molecule has 0 spiro atoms. The summed E-state index contributed by atoms with van der Waals surface area (Å²) in [7, 11) is 1.71. The molecule has 1 N–H and O–H groups in total. The highest BCUT2D eigenvalue weighted by molar-refractivity contribution is 5.94.